The predicted molar refractivity (Wildman–Crippen MR) is 80.3 cm³/mol. The smallest absolute Gasteiger partial charge is 0.267 e. The normalized spacial score (nSPS) is 20.5. The van der Waals surface area contributed by atoms with Crippen LogP contribution in [-0.4, -0.2) is 27.4 Å². The molecule has 6 heteroatoms. The summed E-state index contributed by atoms with van der Waals surface area (Å²) in [7, 11) is 1.78. The van der Waals surface area contributed by atoms with Crippen molar-refractivity contribution in [1.29, 1.82) is 0 Å². The molecule has 0 spiro atoms. The van der Waals surface area contributed by atoms with Crippen molar-refractivity contribution >= 4 is 17.4 Å². The monoisotopic (exact) mass is 305 g/mol. The molecule has 2 aromatic heterocycles. The predicted octanol–water partition coefficient (Wildman–Crippen LogP) is 3.09. The molecule has 0 saturated heterocycles. The molecule has 0 aromatic carbocycles. The second kappa shape index (κ2) is 5.60. The van der Waals surface area contributed by atoms with Gasteiger partial charge in [-0.3, -0.25) is 4.79 Å². The van der Waals surface area contributed by atoms with Gasteiger partial charge in [-0.05, 0) is 42.4 Å². The van der Waals surface area contributed by atoms with Gasteiger partial charge in [-0.2, -0.15) is 0 Å². The number of nitrogens with zero attached hydrogens (tertiary/aromatic N) is 3. The fraction of sp³-hybridized carbons (Fsp3) is 0.533. The van der Waals surface area contributed by atoms with Crippen molar-refractivity contribution in [2.75, 3.05) is 7.05 Å². The maximum atomic E-state index is 12.4. The van der Waals surface area contributed by atoms with Crippen LogP contribution in [0.4, 0.5) is 0 Å². The summed E-state index contributed by atoms with van der Waals surface area (Å²) < 4.78 is 9.72. The number of rotatable bonds is 5. The van der Waals surface area contributed by atoms with Gasteiger partial charge >= 0.3 is 0 Å². The summed E-state index contributed by atoms with van der Waals surface area (Å²) >= 11 is 1.16. The van der Waals surface area contributed by atoms with Crippen molar-refractivity contribution < 1.29 is 9.21 Å². The van der Waals surface area contributed by atoms with Crippen LogP contribution >= 0.6 is 11.5 Å². The number of carbonyl (C=O) groups excluding carboxylic acids is 1. The van der Waals surface area contributed by atoms with Gasteiger partial charge in [-0.1, -0.05) is 18.3 Å². The third-order valence-corrected chi connectivity index (χ3v) is 4.74. The second-order valence-corrected chi connectivity index (χ2v) is 6.44. The van der Waals surface area contributed by atoms with Crippen LogP contribution in [0, 0.1) is 5.92 Å². The van der Waals surface area contributed by atoms with Crippen molar-refractivity contribution in [2.24, 2.45) is 5.92 Å². The lowest BCUT2D eigenvalue weighted by Gasteiger charge is -2.14. The van der Waals surface area contributed by atoms with Gasteiger partial charge in [0.2, 0.25) is 0 Å². The molecular formula is C15H19N3O2S. The number of aryl methyl sites for hydroxylation is 1. The minimum Gasteiger partial charge on any atom is -0.464 e. The van der Waals surface area contributed by atoms with Crippen LogP contribution in [0.1, 0.15) is 53.1 Å². The first-order valence-electron chi connectivity index (χ1n) is 7.25. The highest BCUT2D eigenvalue weighted by Crippen LogP contribution is 2.47. The largest absolute Gasteiger partial charge is 0.464 e. The molecule has 0 N–H and O–H groups in total. The minimum atomic E-state index is -0.0420. The molecule has 1 fully saturated rings. The number of carbonyl (C=O) groups is 1. The molecule has 1 aliphatic rings. The molecule has 0 radical (unpaired) electrons. The fourth-order valence-corrected chi connectivity index (χ4v) is 3.22. The Morgan fingerprint density at radius 1 is 1.52 bits per heavy atom. The fourth-order valence-electron chi connectivity index (χ4n) is 2.48. The molecule has 2 atom stereocenters. The molecule has 0 bridgehead atoms. The summed E-state index contributed by atoms with van der Waals surface area (Å²) in [6, 6.07) is 4.00. The van der Waals surface area contributed by atoms with Crippen molar-refractivity contribution in [3.63, 3.8) is 0 Å². The highest BCUT2D eigenvalue weighted by molar-refractivity contribution is 7.07. The number of furan rings is 1. The van der Waals surface area contributed by atoms with E-state index in [-0.39, 0.29) is 5.91 Å². The van der Waals surface area contributed by atoms with Crippen molar-refractivity contribution in [3.05, 3.63) is 34.2 Å². The Bertz CT molecular complexity index is 649. The van der Waals surface area contributed by atoms with Crippen molar-refractivity contribution in [2.45, 2.75) is 39.2 Å². The zero-order chi connectivity index (χ0) is 15.0. The van der Waals surface area contributed by atoms with Gasteiger partial charge in [0.15, 0.2) is 0 Å². The van der Waals surface area contributed by atoms with Gasteiger partial charge in [-0.25, -0.2) is 0 Å². The Balaban J connectivity index is 1.67. The Kier molecular flexibility index (Phi) is 3.80. The lowest BCUT2D eigenvalue weighted by atomic mass is 10.2. The van der Waals surface area contributed by atoms with E-state index >= 15 is 0 Å². The summed E-state index contributed by atoms with van der Waals surface area (Å²) in [6.45, 7) is 4.68. The van der Waals surface area contributed by atoms with E-state index in [0.29, 0.717) is 17.3 Å². The number of amides is 1. The van der Waals surface area contributed by atoms with E-state index in [0.717, 1.165) is 41.1 Å². The number of aromatic nitrogens is 2. The maximum Gasteiger partial charge on any atom is 0.267 e. The SMILES string of the molecule is CCc1nnsc1C(=O)N(C)Cc1ccc([C@H]2C[C@@H]2C)o1. The Labute approximate surface area is 128 Å². The number of hydrogen-bond acceptors (Lipinski definition) is 5. The summed E-state index contributed by atoms with van der Waals surface area (Å²) in [5.41, 5.74) is 0.767. The third kappa shape index (κ3) is 2.85. The molecule has 5 nitrogen and oxygen atoms in total. The van der Waals surface area contributed by atoms with Crippen molar-refractivity contribution in [1.82, 2.24) is 14.5 Å². The first-order valence-corrected chi connectivity index (χ1v) is 8.02. The standard InChI is InChI=1S/C15H19N3O2S/c1-4-12-14(21-17-16-12)15(19)18(3)8-10-5-6-13(20-10)11-7-9(11)2/h5-6,9,11H,4,7-8H2,1-3H3/t9-,11-/m0/s1. The van der Waals surface area contributed by atoms with Gasteiger partial charge in [0.1, 0.15) is 16.4 Å². The Morgan fingerprint density at radius 3 is 2.95 bits per heavy atom. The molecule has 1 aliphatic carbocycles. The molecule has 3 rings (SSSR count). The summed E-state index contributed by atoms with van der Waals surface area (Å²) in [5.74, 6) is 3.12. The average molecular weight is 305 g/mol. The maximum absolute atomic E-state index is 12.4. The van der Waals surface area contributed by atoms with Gasteiger partial charge in [-0.15, -0.1) is 5.10 Å². The van der Waals surface area contributed by atoms with Gasteiger partial charge in [0, 0.05) is 13.0 Å². The summed E-state index contributed by atoms with van der Waals surface area (Å²) in [6.07, 6.45) is 1.92. The van der Waals surface area contributed by atoms with E-state index in [4.69, 9.17) is 4.42 Å². The lowest BCUT2D eigenvalue weighted by molar-refractivity contribution is 0.0778. The van der Waals surface area contributed by atoms with Crippen LogP contribution in [0.15, 0.2) is 16.5 Å². The topological polar surface area (TPSA) is 59.2 Å². The van der Waals surface area contributed by atoms with E-state index in [2.05, 4.69) is 16.5 Å². The van der Waals surface area contributed by atoms with E-state index < -0.39 is 0 Å². The van der Waals surface area contributed by atoms with Gasteiger partial charge in [0.05, 0.1) is 12.2 Å². The van der Waals surface area contributed by atoms with E-state index in [9.17, 15) is 4.79 Å². The van der Waals surface area contributed by atoms with Gasteiger partial charge in [0.25, 0.3) is 5.91 Å². The lowest BCUT2D eigenvalue weighted by Crippen LogP contribution is -2.26. The summed E-state index contributed by atoms with van der Waals surface area (Å²) in [5, 5.41) is 3.99. The quantitative estimate of drug-likeness (QED) is 0.851. The molecule has 0 unspecified atom stereocenters. The highest BCUT2D eigenvalue weighted by Gasteiger charge is 2.36. The first kappa shape index (κ1) is 14.3. The molecule has 21 heavy (non-hydrogen) atoms. The number of hydrogen-bond donors (Lipinski definition) is 0. The van der Waals surface area contributed by atoms with E-state index in [1.54, 1.807) is 11.9 Å². The molecule has 2 heterocycles. The van der Waals surface area contributed by atoms with Crippen molar-refractivity contribution in [3.8, 4) is 0 Å². The van der Waals surface area contributed by atoms with Crippen LogP contribution in [-0.2, 0) is 13.0 Å². The van der Waals surface area contributed by atoms with Crippen LogP contribution in [0.25, 0.3) is 0 Å². The Hall–Kier alpha value is -1.69. The zero-order valence-electron chi connectivity index (χ0n) is 12.5. The first-order chi connectivity index (χ1) is 10.1. The van der Waals surface area contributed by atoms with E-state index in [1.165, 1.54) is 6.42 Å². The van der Waals surface area contributed by atoms with Crippen LogP contribution < -0.4 is 0 Å². The zero-order valence-corrected chi connectivity index (χ0v) is 13.3. The average Bonchev–Trinajstić information content (AvgIpc) is 2.92. The summed E-state index contributed by atoms with van der Waals surface area (Å²) in [4.78, 5) is 14.7. The third-order valence-electron chi connectivity index (χ3n) is 3.98. The van der Waals surface area contributed by atoms with E-state index in [1.807, 2.05) is 19.1 Å². The van der Waals surface area contributed by atoms with Crippen LogP contribution in [0.5, 0.6) is 0 Å². The van der Waals surface area contributed by atoms with Crippen LogP contribution in [0.2, 0.25) is 0 Å². The Morgan fingerprint density at radius 2 is 2.29 bits per heavy atom. The molecule has 1 saturated carbocycles. The highest BCUT2D eigenvalue weighted by atomic mass is 32.1. The minimum absolute atomic E-state index is 0.0420. The van der Waals surface area contributed by atoms with Gasteiger partial charge < -0.3 is 9.32 Å². The van der Waals surface area contributed by atoms with Crippen LogP contribution in [0.3, 0.4) is 0 Å². The molecule has 0 aliphatic heterocycles. The molecule has 1 amide bonds. The molecular weight excluding hydrogens is 286 g/mol. The molecule has 112 valence electrons. The molecule has 2 aromatic rings. The second-order valence-electron chi connectivity index (χ2n) is 5.69.